The van der Waals surface area contributed by atoms with Gasteiger partial charge in [-0.15, -0.1) is 0 Å². The summed E-state index contributed by atoms with van der Waals surface area (Å²) in [6, 6.07) is -0.0299. The molecule has 0 saturated carbocycles. The molecular formula is C11H21N5O2S2. The predicted molar refractivity (Wildman–Crippen MR) is 79.3 cm³/mol. The highest BCUT2D eigenvalue weighted by atomic mass is 32.2. The lowest BCUT2D eigenvalue weighted by atomic mass is 10.1. The van der Waals surface area contributed by atoms with Crippen molar-refractivity contribution in [1.82, 2.24) is 24.0 Å². The van der Waals surface area contributed by atoms with Crippen LogP contribution in [0.1, 0.15) is 18.7 Å². The van der Waals surface area contributed by atoms with E-state index in [9.17, 15) is 8.42 Å². The summed E-state index contributed by atoms with van der Waals surface area (Å²) in [5, 5.41) is 4.40. The number of hydrogen-bond donors (Lipinski definition) is 1. The van der Waals surface area contributed by atoms with Crippen LogP contribution in [0.3, 0.4) is 0 Å². The van der Waals surface area contributed by atoms with Gasteiger partial charge >= 0.3 is 0 Å². The van der Waals surface area contributed by atoms with E-state index in [1.165, 1.54) is 6.26 Å². The standard InChI is InChI=1S/C11H21N5O2S2/c1-9-12-16(11(19)14(9)2)8-15-6-4-5-10(7-15)13-20(3,17)18/h10,13H,4-8H2,1-3H3. The molecule has 1 saturated heterocycles. The SMILES string of the molecule is Cc1nn(CN2CCCC(NS(C)(=O)=O)C2)c(=S)n1C. The number of piperidine rings is 1. The Balaban J connectivity index is 2.03. The van der Waals surface area contributed by atoms with Gasteiger partial charge in [-0.25, -0.2) is 17.8 Å². The van der Waals surface area contributed by atoms with E-state index in [0.29, 0.717) is 18.0 Å². The highest BCUT2D eigenvalue weighted by Crippen LogP contribution is 2.12. The first-order valence-corrected chi connectivity index (χ1v) is 8.86. The van der Waals surface area contributed by atoms with Crippen molar-refractivity contribution in [3.05, 3.63) is 10.6 Å². The zero-order valence-electron chi connectivity index (χ0n) is 12.0. The summed E-state index contributed by atoms with van der Waals surface area (Å²) in [6.07, 6.45) is 3.03. The van der Waals surface area contributed by atoms with Gasteiger partial charge in [-0.2, -0.15) is 5.10 Å². The van der Waals surface area contributed by atoms with Crippen LogP contribution in [0.25, 0.3) is 0 Å². The lowest BCUT2D eigenvalue weighted by Gasteiger charge is -2.32. The fourth-order valence-corrected chi connectivity index (χ4v) is 3.49. The van der Waals surface area contributed by atoms with Crippen LogP contribution < -0.4 is 4.72 Å². The molecule has 0 bridgehead atoms. The lowest BCUT2D eigenvalue weighted by molar-refractivity contribution is 0.152. The fourth-order valence-electron chi connectivity index (χ4n) is 2.46. The molecule has 9 heteroatoms. The molecule has 1 aromatic heterocycles. The van der Waals surface area contributed by atoms with Crippen molar-refractivity contribution in [3.63, 3.8) is 0 Å². The van der Waals surface area contributed by atoms with Gasteiger partial charge in [0.25, 0.3) is 0 Å². The van der Waals surface area contributed by atoms with Crippen molar-refractivity contribution in [3.8, 4) is 0 Å². The molecule has 1 aliphatic heterocycles. The number of hydrogen-bond acceptors (Lipinski definition) is 5. The van der Waals surface area contributed by atoms with Crippen LogP contribution in [-0.2, 0) is 23.7 Å². The number of nitrogens with one attached hydrogen (secondary N) is 1. The maximum Gasteiger partial charge on any atom is 0.208 e. The first-order chi connectivity index (χ1) is 9.26. The molecule has 1 unspecified atom stereocenters. The smallest absolute Gasteiger partial charge is 0.208 e. The van der Waals surface area contributed by atoms with Gasteiger partial charge in [0.05, 0.1) is 12.9 Å². The quantitative estimate of drug-likeness (QED) is 0.805. The van der Waals surface area contributed by atoms with E-state index in [4.69, 9.17) is 12.2 Å². The summed E-state index contributed by atoms with van der Waals surface area (Å²) in [4.78, 5) is 2.18. The lowest BCUT2D eigenvalue weighted by Crippen LogP contribution is -2.47. The molecule has 20 heavy (non-hydrogen) atoms. The molecule has 1 aliphatic rings. The van der Waals surface area contributed by atoms with Crippen LogP contribution in [0.2, 0.25) is 0 Å². The summed E-state index contributed by atoms with van der Waals surface area (Å²) in [7, 11) is -1.26. The van der Waals surface area contributed by atoms with Crippen molar-refractivity contribution < 1.29 is 8.42 Å². The van der Waals surface area contributed by atoms with E-state index < -0.39 is 10.0 Å². The molecule has 7 nitrogen and oxygen atoms in total. The topological polar surface area (TPSA) is 72.2 Å². The predicted octanol–water partition coefficient (Wildman–Crippen LogP) is 0.231. The number of likely N-dealkylation sites (tertiary alicyclic amines) is 1. The number of nitrogens with zero attached hydrogens (tertiary/aromatic N) is 4. The van der Waals surface area contributed by atoms with E-state index in [1.807, 2.05) is 18.5 Å². The van der Waals surface area contributed by atoms with E-state index in [1.54, 1.807) is 4.68 Å². The average molecular weight is 319 g/mol. The van der Waals surface area contributed by atoms with Gasteiger partial charge < -0.3 is 4.57 Å². The Morgan fingerprint density at radius 2 is 2.20 bits per heavy atom. The second kappa shape index (κ2) is 5.92. The summed E-state index contributed by atoms with van der Waals surface area (Å²) >= 11 is 5.32. The van der Waals surface area contributed by atoms with Crippen LogP contribution in [0.5, 0.6) is 0 Å². The van der Waals surface area contributed by atoms with Crippen LogP contribution in [0, 0.1) is 11.7 Å². The van der Waals surface area contributed by atoms with Gasteiger partial charge in [-0.1, -0.05) is 0 Å². The number of rotatable bonds is 4. The normalized spacial score (nSPS) is 21.2. The van der Waals surface area contributed by atoms with Crippen LogP contribution in [-0.4, -0.2) is 53.1 Å². The average Bonchev–Trinajstić information content (AvgIpc) is 2.55. The maximum atomic E-state index is 11.3. The highest BCUT2D eigenvalue weighted by Gasteiger charge is 2.23. The van der Waals surface area contributed by atoms with Crippen molar-refractivity contribution in [1.29, 1.82) is 0 Å². The van der Waals surface area contributed by atoms with Crippen LogP contribution in [0.15, 0.2) is 0 Å². The van der Waals surface area contributed by atoms with Gasteiger partial charge in [-0.05, 0) is 32.0 Å². The Kier molecular flexibility index (Phi) is 4.62. The summed E-state index contributed by atoms with van der Waals surface area (Å²) in [5.74, 6) is 0.873. The van der Waals surface area contributed by atoms with Crippen LogP contribution in [0.4, 0.5) is 0 Å². The van der Waals surface area contributed by atoms with Gasteiger partial charge in [0.1, 0.15) is 5.82 Å². The van der Waals surface area contributed by atoms with Gasteiger partial charge in [0, 0.05) is 26.2 Å². The first kappa shape index (κ1) is 15.6. The zero-order chi connectivity index (χ0) is 14.9. The monoisotopic (exact) mass is 319 g/mol. The van der Waals surface area contributed by atoms with Crippen LogP contribution >= 0.6 is 12.2 Å². The molecule has 1 atom stereocenters. The molecule has 1 fully saturated rings. The van der Waals surface area contributed by atoms with E-state index >= 15 is 0 Å². The molecule has 1 aromatic rings. The summed E-state index contributed by atoms with van der Waals surface area (Å²) < 4.78 is 29.6. The van der Waals surface area contributed by atoms with Crippen molar-refractivity contribution in [2.24, 2.45) is 7.05 Å². The Labute approximate surface area is 124 Å². The summed E-state index contributed by atoms with van der Waals surface area (Å²) in [5.41, 5.74) is 0. The molecule has 0 aromatic carbocycles. The minimum Gasteiger partial charge on any atom is -0.307 e. The summed E-state index contributed by atoms with van der Waals surface area (Å²) in [6.45, 7) is 4.13. The van der Waals surface area contributed by atoms with E-state index in [-0.39, 0.29) is 6.04 Å². The zero-order valence-corrected chi connectivity index (χ0v) is 13.7. The molecule has 2 rings (SSSR count). The second-order valence-electron chi connectivity index (χ2n) is 5.34. The third kappa shape index (κ3) is 3.87. The molecule has 0 radical (unpaired) electrons. The molecule has 2 heterocycles. The minimum absolute atomic E-state index is 0.0299. The Bertz CT molecular complexity index is 634. The van der Waals surface area contributed by atoms with E-state index in [0.717, 1.165) is 25.2 Å². The van der Waals surface area contributed by atoms with Gasteiger partial charge in [0.2, 0.25) is 10.0 Å². The van der Waals surface area contributed by atoms with E-state index in [2.05, 4.69) is 14.7 Å². The molecule has 0 amide bonds. The molecular weight excluding hydrogens is 298 g/mol. The number of sulfonamides is 1. The largest absolute Gasteiger partial charge is 0.307 e. The Morgan fingerprint density at radius 1 is 1.50 bits per heavy atom. The minimum atomic E-state index is -3.15. The van der Waals surface area contributed by atoms with Crippen molar-refractivity contribution in [2.45, 2.75) is 32.5 Å². The second-order valence-corrected chi connectivity index (χ2v) is 7.48. The maximum absolute atomic E-state index is 11.3. The van der Waals surface area contributed by atoms with Crippen molar-refractivity contribution >= 4 is 22.2 Å². The molecule has 0 aliphatic carbocycles. The van der Waals surface area contributed by atoms with Gasteiger partial charge in [0.15, 0.2) is 4.77 Å². The Morgan fingerprint density at radius 3 is 2.75 bits per heavy atom. The third-order valence-corrected chi connectivity index (χ3v) is 4.72. The number of aromatic nitrogens is 3. The molecule has 114 valence electrons. The molecule has 0 spiro atoms. The van der Waals surface area contributed by atoms with Crippen molar-refractivity contribution in [2.75, 3.05) is 19.3 Å². The molecule has 1 N–H and O–H groups in total. The highest BCUT2D eigenvalue weighted by molar-refractivity contribution is 7.88. The number of aryl methyl sites for hydroxylation is 1. The van der Waals surface area contributed by atoms with Gasteiger partial charge in [-0.3, -0.25) is 4.90 Å². The fraction of sp³-hybridized carbons (Fsp3) is 0.818. The Hall–Kier alpha value is -0.770. The third-order valence-electron chi connectivity index (χ3n) is 3.48. The first-order valence-electron chi connectivity index (χ1n) is 6.56.